The number of nitrogens with zero attached hydrogens (tertiary/aromatic N) is 2. The molecule has 0 radical (unpaired) electrons. The van der Waals surface area contributed by atoms with Crippen LogP contribution in [0, 0.1) is 24.5 Å². The molecular formula is C21H20F2N2O4. The van der Waals surface area contributed by atoms with E-state index in [4.69, 9.17) is 9.84 Å². The number of carbonyl (C=O) groups is 2. The number of rotatable bonds is 8. The number of carbonyl (C=O) groups excluding carboxylic acids is 1. The second-order valence-electron chi connectivity index (χ2n) is 6.93. The lowest BCUT2D eigenvalue weighted by molar-refractivity contribution is -0.137. The molecule has 6 nitrogen and oxygen atoms in total. The van der Waals surface area contributed by atoms with E-state index >= 15 is 0 Å². The Bertz CT molecular complexity index is 1060. The first kappa shape index (κ1) is 20.4. The number of Topliss-reactive ketones (excluding diaryl/α,β-unsaturated/α-hetero) is 1. The van der Waals surface area contributed by atoms with E-state index in [1.807, 2.05) is 0 Å². The molecule has 1 aromatic carbocycles. The Labute approximate surface area is 165 Å². The summed E-state index contributed by atoms with van der Waals surface area (Å²) in [4.78, 5) is 27.9. The number of pyridine rings is 1. The van der Waals surface area contributed by atoms with Gasteiger partial charge in [0, 0.05) is 19.0 Å². The van der Waals surface area contributed by atoms with Crippen molar-refractivity contribution in [2.45, 2.75) is 33.3 Å². The van der Waals surface area contributed by atoms with Crippen molar-refractivity contribution < 1.29 is 28.2 Å². The predicted molar refractivity (Wildman–Crippen MR) is 101 cm³/mol. The highest BCUT2D eigenvalue weighted by molar-refractivity contribution is 5.97. The molecule has 1 atom stereocenters. The number of ether oxygens (including phenoxy) is 1. The monoisotopic (exact) mass is 402 g/mol. The highest BCUT2D eigenvalue weighted by Gasteiger charge is 2.22. The van der Waals surface area contributed by atoms with Gasteiger partial charge in [0.15, 0.2) is 17.2 Å². The van der Waals surface area contributed by atoms with Crippen LogP contribution >= 0.6 is 0 Å². The molecule has 0 aliphatic heterocycles. The summed E-state index contributed by atoms with van der Waals surface area (Å²) < 4.78 is 34.8. The number of ketones is 1. The Morgan fingerprint density at radius 1 is 1.17 bits per heavy atom. The fourth-order valence-electron chi connectivity index (χ4n) is 3.21. The molecule has 2 aromatic heterocycles. The van der Waals surface area contributed by atoms with Gasteiger partial charge in [-0.2, -0.15) is 0 Å². The van der Waals surface area contributed by atoms with Crippen LogP contribution < -0.4 is 4.74 Å². The number of aryl methyl sites for hydroxylation is 1. The van der Waals surface area contributed by atoms with E-state index in [9.17, 15) is 18.4 Å². The Morgan fingerprint density at radius 2 is 1.86 bits per heavy atom. The van der Waals surface area contributed by atoms with Crippen LogP contribution in [0.4, 0.5) is 8.78 Å². The Kier molecular flexibility index (Phi) is 5.91. The molecule has 0 unspecified atom stereocenters. The molecule has 0 aliphatic rings. The molecule has 0 fully saturated rings. The van der Waals surface area contributed by atoms with Crippen molar-refractivity contribution in [1.82, 2.24) is 9.38 Å². The fraction of sp³-hybridized carbons (Fsp3) is 0.286. The SMILES string of the molecule is Cc1nc2c(OCc3c(F)cccc3F)cccn2c1C(=O)C[C@H](C)CC(=O)O. The molecule has 0 amide bonds. The van der Waals surface area contributed by atoms with E-state index in [0.717, 1.165) is 12.1 Å². The minimum atomic E-state index is -0.962. The van der Waals surface area contributed by atoms with Crippen LogP contribution in [0.25, 0.3) is 5.65 Å². The van der Waals surface area contributed by atoms with E-state index in [0.29, 0.717) is 17.0 Å². The molecule has 0 saturated heterocycles. The lowest BCUT2D eigenvalue weighted by Crippen LogP contribution is -2.13. The summed E-state index contributed by atoms with van der Waals surface area (Å²) in [6.07, 6.45) is 1.59. The molecule has 1 N–H and O–H groups in total. The van der Waals surface area contributed by atoms with Gasteiger partial charge in [-0.1, -0.05) is 13.0 Å². The zero-order valence-electron chi connectivity index (χ0n) is 16.0. The van der Waals surface area contributed by atoms with Crippen molar-refractivity contribution in [2.75, 3.05) is 0 Å². The van der Waals surface area contributed by atoms with Crippen LogP contribution in [0.15, 0.2) is 36.5 Å². The van der Waals surface area contributed by atoms with Gasteiger partial charge in [-0.3, -0.25) is 14.0 Å². The van der Waals surface area contributed by atoms with Crippen molar-refractivity contribution in [3.05, 3.63) is 65.1 Å². The van der Waals surface area contributed by atoms with Gasteiger partial charge in [0.05, 0.1) is 11.3 Å². The van der Waals surface area contributed by atoms with E-state index in [1.165, 1.54) is 6.07 Å². The van der Waals surface area contributed by atoms with Gasteiger partial charge in [-0.25, -0.2) is 13.8 Å². The van der Waals surface area contributed by atoms with Crippen molar-refractivity contribution >= 4 is 17.4 Å². The number of aromatic nitrogens is 2. The van der Waals surface area contributed by atoms with Gasteiger partial charge >= 0.3 is 5.97 Å². The molecule has 0 aliphatic carbocycles. The van der Waals surface area contributed by atoms with Crippen LogP contribution in [0.1, 0.15) is 41.5 Å². The Hall–Kier alpha value is -3.29. The molecule has 0 spiro atoms. The summed E-state index contributed by atoms with van der Waals surface area (Å²) in [7, 11) is 0. The molecular weight excluding hydrogens is 382 g/mol. The maximum Gasteiger partial charge on any atom is 0.303 e. The van der Waals surface area contributed by atoms with Crippen molar-refractivity contribution in [3.63, 3.8) is 0 Å². The summed E-state index contributed by atoms with van der Waals surface area (Å²) in [5.41, 5.74) is 0.943. The average Bonchev–Trinajstić information content (AvgIpc) is 2.97. The molecule has 0 bridgehead atoms. The second-order valence-corrected chi connectivity index (χ2v) is 6.93. The quantitative estimate of drug-likeness (QED) is 0.572. The van der Waals surface area contributed by atoms with E-state index in [1.54, 1.807) is 36.6 Å². The topological polar surface area (TPSA) is 80.9 Å². The first-order valence-corrected chi connectivity index (χ1v) is 9.06. The first-order chi connectivity index (χ1) is 13.8. The number of carboxylic acids is 1. The fourth-order valence-corrected chi connectivity index (χ4v) is 3.21. The van der Waals surface area contributed by atoms with E-state index in [-0.39, 0.29) is 42.5 Å². The van der Waals surface area contributed by atoms with Gasteiger partial charge in [0.2, 0.25) is 0 Å². The number of aliphatic carboxylic acids is 1. The third kappa shape index (κ3) is 4.42. The average molecular weight is 402 g/mol. The van der Waals surface area contributed by atoms with Crippen LogP contribution in [-0.2, 0) is 11.4 Å². The van der Waals surface area contributed by atoms with Crippen LogP contribution in [0.3, 0.4) is 0 Å². The van der Waals surface area contributed by atoms with Crippen molar-refractivity contribution in [1.29, 1.82) is 0 Å². The standard InChI is InChI=1S/C21H20F2N2O4/c1-12(10-19(27)28)9-17(26)20-13(2)24-21-18(7-4-8-25(20)21)29-11-14-15(22)5-3-6-16(14)23/h3-8,12H,9-11H2,1-2H3,(H,27,28)/t12-/m0/s1. The van der Waals surface area contributed by atoms with Crippen LogP contribution in [-0.4, -0.2) is 26.2 Å². The number of imidazole rings is 1. The van der Waals surface area contributed by atoms with Gasteiger partial charge in [-0.15, -0.1) is 0 Å². The number of carboxylic acid groups (broad SMARTS) is 1. The molecule has 3 rings (SSSR count). The Morgan fingerprint density at radius 3 is 2.52 bits per heavy atom. The molecule has 8 heteroatoms. The maximum atomic E-state index is 13.8. The molecule has 3 aromatic rings. The summed E-state index contributed by atoms with van der Waals surface area (Å²) in [5.74, 6) is -2.67. The van der Waals surface area contributed by atoms with Gasteiger partial charge in [0.1, 0.15) is 23.9 Å². The minimum Gasteiger partial charge on any atom is -0.485 e. The molecule has 29 heavy (non-hydrogen) atoms. The van der Waals surface area contributed by atoms with Gasteiger partial charge < -0.3 is 9.84 Å². The van der Waals surface area contributed by atoms with E-state index < -0.39 is 17.6 Å². The number of hydrogen-bond acceptors (Lipinski definition) is 4. The highest BCUT2D eigenvalue weighted by Crippen LogP contribution is 2.25. The number of benzene rings is 1. The zero-order valence-corrected chi connectivity index (χ0v) is 16.0. The summed E-state index contributed by atoms with van der Waals surface area (Å²) >= 11 is 0. The molecule has 2 heterocycles. The normalized spacial score (nSPS) is 12.1. The summed E-state index contributed by atoms with van der Waals surface area (Å²) in [5, 5.41) is 8.88. The lowest BCUT2D eigenvalue weighted by Gasteiger charge is -2.10. The summed E-state index contributed by atoms with van der Waals surface area (Å²) in [6.45, 7) is 3.04. The first-order valence-electron chi connectivity index (χ1n) is 9.06. The second kappa shape index (κ2) is 8.38. The molecule has 152 valence electrons. The smallest absolute Gasteiger partial charge is 0.303 e. The lowest BCUT2D eigenvalue weighted by atomic mass is 9.99. The van der Waals surface area contributed by atoms with Gasteiger partial charge in [-0.05, 0) is 37.1 Å². The van der Waals surface area contributed by atoms with Crippen LogP contribution in [0.5, 0.6) is 5.75 Å². The van der Waals surface area contributed by atoms with Gasteiger partial charge in [0.25, 0.3) is 0 Å². The predicted octanol–water partition coefficient (Wildman–Crippen LogP) is 4.18. The molecule has 0 saturated carbocycles. The van der Waals surface area contributed by atoms with Crippen molar-refractivity contribution in [3.8, 4) is 5.75 Å². The number of halogens is 2. The third-order valence-corrected chi connectivity index (χ3v) is 4.54. The Balaban J connectivity index is 1.87. The van der Waals surface area contributed by atoms with Crippen molar-refractivity contribution in [2.24, 2.45) is 5.92 Å². The number of fused-ring (bicyclic) bond motifs is 1. The third-order valence-electron chi connectivity index (χ3n) is 4.54. The van der Waals surface area contributed by atoms with E-state index in [2.05, 4.69) is 4.98 Å². The highest BCUT2D eigenvalue weighted by atomic mass is 19.1. The van der Waals surface area contributed by atoms with Crippen LogP contribution in [0.2, 0.25) is 0 Å². The zero-order chi connectivity index (χ0) is 21.1. The maximum absolute atomic E-state index is 13.8. The largest absolute Gasteiger partial charge is 0.485 e. The number of hydrogen-bond donors (Lipinski definition) is 1. The minimum absolute atomic E-state index is 0.0620. The summed E-state index contributed by atoms with van der Waals surface area (Å²) in [6, 6.07) is 6.81.